The minimum Gasteiger partial charge on any atom is -0.338 e. The Balaban J connectivity index is 1.55. The zero-order valence-corrected chi connectivity index (χ0v) is 13.9. The predicted octanol–water partition coefficient (Wildman–Crippen LogP) is 2.73. The number of hydrogen-bond acceptors (Lipinski definition) is 6. The van der Waals surface area contributed by atoms with E-state index in [1.165, 1.54) is 0 Å². The lowest BCUT2D eigenvalue weighted by Crippen LogP contribution is -2.04. The van der Waals surface area contributed by atoms with Crippen molar-refractivity contribution in [3.05, 3.63) is 63.3 Å². The summed E-state index contributed by atoms with van der Waals surface area (Å²) in [6.07, 6.45) is 0.465. The molecule has 3 aromatic rings. The Hall–Kier alpha value is -3.03. The van der Waals surface area contributed by atoms with Crippen LogP contribution in [-0.4, -0.2) is 30.9 Å². The number of aryl methyl sites for hydroxylation is 2. The van der Waals surface area contributed by atoms with Crippen LogP contribution >= 0.6 is 0 Å². The van der Waals surface area contributed by atoms with Crippen LogP contribution in [0.1, 0.15) is 35.2 Å². The summed E-state index contributed by atoms with van der Waals surface area (Å²) in [7, 11) is 0. The van der Waals surface area contributed by atoms with Gasteiger partial charge in [0.05, 0.1) is 12.2 Å². The van der Waals surface area contributed by atoms with Crippen molar-refractivity contribution in [1.29, 1.82) is 0 Å². The summed E-state index contributed by atoms with van der Waals surface area (Å²) < 4.78 is 7.17. The van der Waals surface area contributed by atoms with E-state index in [1.54, 1.807) is 0 Å². The first-order valence-electron chi connectivity index (χ1n) is 8.09. The SMILES string of the molecule is Cc1cc(C)n(Cc2cccc(-c3noc(C4CC4[N+](=O)[O-])n3)c2)n1. The topological polar surface area (TPSA) is 99.9 Å². The summed E-state index contributed by atoms with van der Waals surface area (Å²) in [6, 6.07) is 9.29. The van der Waals surface area contributed by atoms with Gasteiger partial charge in [-0.15, -0.1) is 0 Å². The molecule has 1 saturated carbocycles. The van der Waals surface area contributed by atoms with Crippen LogP contribution in [0, 0.1) is 24.0 Å². The molecule has 0 bridgehead atoms. The minimum absolute atomic E-state index is 0.255. The van der Waals surface area contributed by atoms with Gasteiger partial charge >= 0.3 is 0 Å². The third-order valence-corrected chi connectivity index (χ3v) is 4.41. The van der Waals surface area contributed by atoms with Crippen molar-refractivity contribution < 1.29 is 9.45 Å². The van der Waals surface area contributed by atoms with Crippen LogP contribution < -0.4 is 0 Å². The molecule has 128 valence electrons. The van der Waals surface area contributed by atoms with Crippen LogP contribution in [0.25, 0.3) is 11.4 Å². The van der Waals surface area contributed by atoms with E-state index < -0.39 is 6.04 Å². The lowest BCUT2D eigenvalue weighted by molar-refractivity contribution is -0.496. The van der Waals surface area contributed by atoms with Gasteiger partial charge in [0, 0.05) is 22.6 Å². The molecule has 1 fully saturated rings. The molecule has 2 unspecified atom stereocenters. The fourth-order valence-corrected chi connectivity index (χ4v) is 3.00. The molecule has 0 N–H and O–H groups in total. The quantitative estimate of drug-likeness (QED) is 0.523. The first kappa shape index (κ1) is 15.5. The highest BCUT2D eigenvalue weighted by molar-refractivity contribution is 5.55. The predicted molar refractivity (Wildman–Crippen MR) is 88.7 cm³/mol. The Bertz CT molecular complexity index is 945. The Kier molecular flexibility index (Phi) is 3.60. The molecule has 4 rings (SSSR count). The van der Waals surface area contributed by atoms with E-state index >= 15 is 0 Å². The van der Waals surface area contributed by atoms with E-state index in [0.717, 1.165) is 22.5 Å². The van der Waals surface area contributed by atoms with Gasteiger partial charge in [-0.1, -0.05) is 23.4 Å². The fourth-order valence-electron chi connectivity index (χ4n) is 3.00. The maximum Gasteiger partial charge on any atom is 0.237 e. The molecule has 25 heavy (non-hydrogen) atoms. The second-order valence-electron chi connectivity index (χ2n) is 6.44. The summed E-state index contributed by atoms with van der Waals surface area (Å²) >= 11 is 0. The van der Waals surface area contributed by atoms with Crippen molar-refractivity contribution in [3.8, 4) is 11.4 Å². The van der Waals surface area contributed by atoms with Crippen LogP contribution in [0.5, 0.6) is 0 Å². The highest BCUT2D eigenvalue weighted by atomic mass is 16.6. The van der Waals surface area contributed by atoms with Gasteiger partial charge in [0.1, 0.15) is 5.92 Å². The fraction of sp³-hybridized carbons (Fsp3) is 0.353. The van der Waals surface area contributed by atoms with E-state index in [1.807, 2.05) is 48.9 Å². The molecule has 2 atom stereocenters. The second kappa shape index (κ2) is 5.80. The Morgan fingerprint density at radius 1 is 1.36 bits per heavy atom. The third kappa shape index (κ3) is 3.02. The number of nitrogens with zero attached hydrogens (tertiary/aromatic N) is 5. The van der Waals surface area contributed by atoms with E-state index in [2.05, 4.69) is 15.2 Å². The van der Waals surface area contributed by atoms with Gasteiger partial charge in [-0.2, -0.15) is 10.1 Å². The van der Waals surface area contributed by atoms with E-state index in [0.29, 0.717) is 24.7 Å². The Morgan fingerprint density at radius 2 is 2.20 bits per heavy atom. The molecule has 0 radical (unpaired) electrons. The molecule has 1 aromatic carbocycles. The summed E-state index contributed by atoms with van der Waals surface area (Å²) in [5.74, 6) is 0.550. The summed E-state index contributed by atoms with van der Waals surface area (Å²) in [4.78, 5) is 14.8. The smallest absolute Gasteiger partial charge is 0.237 e. The van der Waals surface area contributed by atoms with Crippen molar-refractivity contribution in [2.45, 2.75) is 38.8 Å². The van der Waals surface area contributed by atoms with Gasteiger partial charge in [0.15, 0.2) is 0 Å². The zero-order chi connectivity index (χ0) is 17.6. The van der Waals surface area contributed by atoms with Crippen molar-refractivity contribution in [2.24, 2.45) is 0 Å². The largest absolute Gasteiger partial charge is 0.338 e. The lowest BCUT2D eigenvalue weighted by atomic mass is 10.1. The first-order chi connectivity index (χ1) is 12.0. The number of nitro groups is 1. The highest BCUT2D eigenvalue weighted by Crippen LogP contribution is 2.42. The summed E-state index contributed by atoms with van der Waals surface area (Å²) in [5, 5.41) is 19.2. The Morgan fingerprint density at radius 3 is 2.88 bits per heavy atom. The summed E-state index contributed by atoms with van der Waals surface area (Å²) in [6.45, 7) is 4.65. The molecular weight excluding hydrogens is 322 g/mol. The minimum atomic E-state index is -0.592. The molecule has 2 aromatic heterocycles. The maximum absolute atomic E-state index is 10.8. The van der Waals surface area contributed by atoms with Crippen molar-refractivity contribution in [3.63, 3.8) is 0 Å². The van der Waals surface area contributed by atoms with Gasteiger partial charge in [0.25, 0.3) is 0 Å². The first-order valence-corrected chi connectivity index (χ1v) is 8.09. The zero-order valence-electron chi connectivity index (χ0n) is 13.9. The third-order valence-electron chi connectivity index (χ3n) is 4.41. The lowest BCUT2D eigenvalue weighted by Gasteiger charge is -2.05. The molecule has 2 heterocycles. The van der Waals surface area contributed by atoms with Gasteiger partial charge in [-0.3, -0.25) is 14.8 Å². The maximum atomic E-state index is 10.8. The van der Waals surface area contributed by atoms with Crippen molar-refractivity contribution >= 4 is 0 Å². The molecule has 1 aliphatic carbocycles. The average molecular weight is 339 g/mol. The summed E-state index contributed by atoms with van der Waals surface area (Å²) in [5.41, 5.74) is 3.99. The Labute approximate surface area is 143 Å². The van der Waals surface area contributed by atoms with Gasteiger partial charge in [-0.25, -0.2) is 0 Å². The van der Waals surface area contributed by atoms with Gasteiger partial charge < -0.3 is 4.52 Å². The molecular formula is C17H17N5O3. The average Bonchev–Trinajstić information content (AvgIpc) is 3.12. The van der Waals surface area contributed by atoms with Crippen LogP contribution in [0.3, 0.4) is 0 Å². The number of hydrogen-bond donors (Lipinski definition) is 0. The molecule has 8 heteroatoms. The van der Waals surface area contributed by atoms with E-state index in [9.17, 15) is 10.1 Å². The van der Waals surface area contributed by atoms with Crippen molar-refractivity contribution in [1.82, 2.24) is 19.9 Å². The molecule has 0 saturated heterocycles. The number of benzene rings is 1. The molecule has 0 spiro atoms. The molecule has 1 aliphatic rings. The standard InChI is InChI=1S/C17H17N5O3/c1-10-6-11(2)21(19-10)9-12-4-3-5-13(7-12)16-18-17(25-20-16)14-8-15(14)22(23)24/h3-7,14-15H,8-9H2,1-2H3. The van der Waals surface area contributed by atoms with Crippen LogP contribution in [0.2, 0.25) is 0 Å². The van der Waals surface area contributed by atoms with Crippen LogP contribution in [0.15, 0.2) is 34.9 Å². The number of rotatable bonds is 5. The molecule has 0 amide bonds. The van der Waals surface area contributed by atoms with Crippen LogP contribution in [0.4, 0.5) is 0 Å². The number of aromatic nitrogens is 4. The van der Waals surface area contributed by atoms with Gasteiger partial charge in [0.2, 0.25) is 17.8 Å². The van der Waals surface area contributed by atoms with E-state index in [4.69, 9.17) is 4.52 Å². The normalized spacial score (nSPS) is 19.1. The highest BCUT2D eigenvalue weighted by Gasteiger charge is 2.53. The molecule has 0 aliphatic heterocycles. The van der Waals surface area contributed by atoms with Crippen molar-refractivity contribution in [2.75, 3.05) is 0 Å². The second-order valence-corrected chi connectivity index (χ2v) is 6.44. The monoisotopic (exact) mass is 339 g/mol. The molecule has 8 nitrogen and oxygen atoms in total. The van der Waals surface area contributed by atoms with E-state index in [-0.39, 0.29) is 10.8 Å². The van der Waals surface area contributed by atoms with Crippen LogP contribution in [-0.2, 0) is 6.54 Å². The van der Waals surface area contributed by atoms with Gasteiger partial charge in [-0.05, 0) is 31.5 Å².